The van der Waals surface area contributed by atoms with E-state index in [9.17, 15) is 8.42 Å². The van der Waals surface area contributed by atoms with Gasteiger partial charge in [0.2, 0.25) is 10.0 Å². The molecule has 0 aromatic rings. The molecule has 0 amide bonds. The van der Waals surface area contributed by atoms with Gasteiger partial charge in [-0.05, 0) is 25.8 Å². The van der Waals surface area contributed by atoms with Crippen LogP contribution in [0.2, 0.25) is 0 Å². The van der Waals surface area contributed by atoms with Crippen LogP contribution in [-0.4, -0.2) is 46.0 Å². The Kier molecular flexibility index (Phi) is 4.02. The summed E-state index contributed by atoms with van der Waals surface area (Å²) in [5.74, 6) is 0.192. The van der Waals surface area contributed by atoms with Crippen LogP contribution in [0.3, 0.4) is 0 Å². The Morgan fingerprint density at radius 1 is 1.44 bits per heavy atom. The normalized spacial score (nSPS) is 35.4. The van der Waals surface area contributed by atoms with Gasteiger partial charge in [0.15, 0.2) is 0 Å². The first-order valence-corrected chi connectivity index (χ1v) is 8.26. The van der Waals surface area contributed by atoms with Gasteiger partial charge in [-0.25, -0.2) is 13.1 Å². The third kappa shape index (κ3) is 2.87. The van der Waals surface area contributed by atoms with Crippen molar-refractivity contribution in [1.82, 2.24) is 10.0 Å². The van der Waals surface area contributed by atoms with E-state index in [0.717, 1.165) is 25.8 Å². The van der Waals surface area contributed by atoms with Crippen molar-refractivity contribution in [3.63, 3.8) is 0 Å². The first-order valence-electron chi connectivity index (χ1n) is 6.61. The molecule has 1 saturated carbocycles. The van der Waals surface area contributed by atoms with Crippen LogP contribution in [0, 0.1) is 5.41 Å². The molecule has 2 N–H and O–H groups in total. The molecule has 1 heterocycles. The van der Waals surface area contributed by atoms with Gasteiger partial charge in [0.1, 0.15) is 0 Å². The molecule has 3 unspecified atom stereocenters. The lowest BCUT2D eigenvalue weighted by Gasteiger charge is -2.51. The fourth-order valence-corrected chi connectivity index (χ4v) is 4.66. The van der Waals surface area contributed by atoms with Crippen molar-refractivity contribution in [1.29, 1.82) is 0 Å². The van der Waals surface area contributed by atoms with Crippen molar-refractivity contribution in [3.05, 3.63) is 0 Å². The first-order chi connectivity index (χ1) is 8.35. The highest BCUT2D eigenvalue weighted by atomic mass is 32.2. The van der Waals surface area contributed by atoms with E-state index in [1.165, 1.54) is 0 Å². The van der Waals surface area contributed by atoms with Crippen LogP contribution in [0.25, 0.3) is 0 Å². The highest BCUT2D eigenvalue weighted by molar-refractivity contribution is 7.89. The van der Waals surface area contributed by atoms with Gasteiger partial charge in [-0.2, -0.15) is 0 Å². The second-order valence-electron chi connectivity index (χ2n) is 6.03. The van der Waals surface area contributed by atoms with E-state index in [0.29, 0.717) is 0 Å². The van der Waals surface area contributed by atoms with Gasteiger partial charge in [0, 0.05) is 24.6 Å². The van der Waals surface area contributed by atoms with Gasteiger partial charge in [0.25, 0.3) is 0 Å². The largest absolute Gasteiger partial charge is 0.381 e. The second-order valence-corrected chi connectivity index (χ2v) is 7.83. The molecule has 18 heavy (non-hydrogen) atoms. The number of hydrogen-bond donors (Lipinski definition) is 2. The zero-order chi connectivity index (χ0) is 13.4. The maximum atomic E-state index is 12.1. The Labute approximate surface area is 110 Å². The number of nitrogens with one attached hydrogen (secondary N) is 2. The first kappa shape index (κ1) is 14.2. The summed E-state index contributed by atoms with van der Waals surface area (Å²) in [6.45, 7) is 5.03. The molecule has 0 aromatic carbocycles. The Morgan fingerprint density at radius 3 is 2.67 bits per heavy atom. The van der Waals surface area contributed by atoms with Crippen molar-refractivity contribution in [2.24, 2.45) is 5.41 Å². The Hall–Kier alpha value is -0.170. The summed E-state index contributed by atoms with van der Waals surface area (Å²) in [6.07, 6.45) is 2.94. The average Bonchev–Trinajstić information content (AvgIpc) is 2.75. The maximum Gasteiger partial charge on any atom is 0.213 e. The lowest BCUT2D eigenvalue weighted by atomic mass is 9.65. The summed E-state index contributed by atoms with van der Waals surface area (Å²) in [7, 11) is -1.52. The number of rotatable bonds is 5. The molecule has 0 radical (unpaired) electrons. The van der Waals surface area contributed by atoms with E-state index in [2.05, 4.69) is 10.0 Å². The fourth-order valence-electron chi connectivity index (χ4n) is 2.91. The highest BCUT2D eigenvalue weighted by Crippen LogP contribution is 2.42. The molecule has 3 atom stereocenters. The van der Waals surface area contributed by atoms with Gasteiger partial charge >= 0.3 is 0 Å². The molecule has 1 aliphatic heterocycles. The summed E-state index contributed by atoms with van der Waals surface area (Å²) in [5.41, 5.74) is -0.120. The molecule has 5 nitrogen and oxygen atoms in total. The van der Waals surface area contributed by atoms with E-state index in [-0.39, 0.29) is 29.4 Å². The van der Waals surface area contributed by atoms with Crippen molar-refractivity contribution in [3.8, 4) is 0 Å². The van der Waals surface area contributed by atoms with E-state index in [1.54, 1.807) is 7.11 Å². The zero-order valence-electron chi connectivity index (χ0n) is 11.4. The molecule has 0 spiro atoms. The van der Waals surface area contributed by atoms with Gasteiger partial charge in [0.05, 0.1) is 11.9 Å². The zero-order valence-corrected chi connectivity index (χ0v) is 12.2. The van der Waals surface area contributed by atoms with Crippen molar-refractivity contribution >= 4 is 10.0 Å². The topological polar surface area (TPSA) is 67.4 Å². The molecule has 2 aliphatic rings. The number of ether oxygens (including phenoxy) is 1. The van der Waals surface area contributed by atoms with Gasteiger partial charge < -0.3 is 10.1 Å². The van der Waals surface area contributed by atoms with Crippen LogP contribution < -0.4 is 10.0 Å². The standard InChI is InChI=1S/C12H24N2O3S/c1-12(2)10(7-11(12)17-3)14-18(15,16)8-9-5-4-6-13-9/h9-11,13-14H,4-8H2,1-3H3. The van der Waals surface area contributed by atoms with Crippen LogP contribution in [0.4, 0.5) is 0 Å². The third-order valence-electron chi connectivity index (χ3n) is 4.37. The molecular formula is C12H24N2O3S. The fraction of sp³-hybridized carbons (Fsp3) is 1.00. The lowest BCUT2D eigenvalue weighted by Crippen LogP contribution is -2.62. The minimum absolute atomic E-state index is 0.00569. The van der Waals surface area contributed by atoms with Crippen LogP contribution in [-0.2, 0) is 14.8 Å². The summed E-state index contributed by atoms with van der Waals surface area (Å²) in [5, 5.41) is 3.22. The quantitative estimate of drug-likeness (QED) is 0.766. The van der Waals surface area contributed by atoms with Crippen molar-refractivity contribution < 1.29 is 13.2 Å². The molecule has 1 saturated heterocycles. The second kappa shape index (κ2) is 5.07. The molecule has 6 heteroatoms. The smallest absolute Gasteiger partial charge is 0.213 e. The van der Waals surface area contributed by atoms with E-state index < -0.39 is 10.0 Å². The highest BCUT2D eigenvalue weighted by Gasteiger charge is 2.50. The number of sulfonamides is 1. The predicted octanol–water partition coefficient (Wildman–Crippen LogP) is 0.471. The third-order valence-corrected chi connectivity index (χ3v) is 5.85. The summed E-state index contributed by atoms with van der Waals surface area (Å²) in [4.78, 5) is 0. The summed E-state index contributed by atoms with van der Waals surface area (Å²) < 4.78 is 32.3. The van der Waals surface area contributed by atoms with E-state index in [1.807, 2.05) is 13.8 Å². The lowest BCUT2D eigenvalue weighted by molar-refractivity contribution is -0.0908. The maximum absolute atomic E-state index is 12.1. The molecule has 1 aliphatic carbocycles. The van der Waals surface area contributed by atoms with Crippen molar-refractivity contribution in [2.45, 2.75) is 51.3 Å². The van der Waals surface area contributed by atoms with E-state index >= 15 is 0 Å². The molecular weight excluding hydrogens is 252 g/mol. The van der Waals surface area contributed by atoms with Crippen LogP contribution in [0.1, 0.15) is 33.1 Å². The number of methoxy groups -OCH3 is 1. The van der Waals surface area contributed by atoms with Crippen molar-refractivity contribution in [2.75, 3.05) is 19.4 Å². The van der Waals surface area contributed by atoms with Gasteiger partial charge in [-0.15, -0.1) is 0 Å². The number of hydrogen-bond acceptors (Lipinski definition) is 4. The van der Waals surface area contributed by atoms with Crippen LogP contribution >= 0.6 is 0 Å². The molecule has 0 aromatic heterocycles. The van der Waals surface area contributed by atoms with Crippen LogP contribution in [0.5, 0.6) is 0 Å². The Balaban J connectivity index is 1.89. The summed E-state index contributed by atoms with van der Waals surface area (Å²) >= 11 is 0. The molecule has 2 fully saturated rings. The Bertz CT molecular complexity index is 388. The van der Waals surface area contributed by atoms with E-state index in [4.69, 9.17) is 4.74 Å². The monoisotopic (exact) mass is 276 g/mol. The molecule has 106 valence electrons. The van der Waals surface area contributed by atoms with Crippen LogP contribution in [0.15, 0.2) is 0 Å². The average molecular weight is 276 g/mol. The van der Waals surface area contributed by atoms with Gasteiger partial charge in [-0.1, -0.05) is 13.8 Å². The van der Waals surface area contributed by atoms with Gasteiger partial charge in [-0.3, -0.25) is 0 Å². The molecule has 2 rings (SSSR count). The minimum atomic E-state index is -3.20. The predicted molar refractivity (Wildman–Crippen MR) is 70.9 cm³/mol. The molecule has 0 bridgehead atoms. The summed E-state index contributed by atoms with van der Waals surface area (Å²) in [6, 6.07) is 0.109. The Morgan fingerprint density at radius 2 is 2.17 bits per heavy atom. The SMILES string of the molecule is COC1CC(NS(=O)(=O)CC2CCCN2)C1(C)C. The minimum Gasteiger partial charge on any atom is -0.381 e.